The number of rotatable bonds is 5. The van der Waals surface area contributed by atoms with E-state index in [0.717, 1.165) is 20.9 Å². The highest BCUT2D eigenvalue weighted by atomic mass is 32.1. The number of aromatic nitrogens is 2. The summed E-state index contributed by atoms with van der Waals surface area (Å²) in [6, 6.07) is 10.9. The fourth-order valence-electron chi connectivity index (χ4n) is 4.92. The smallest absolute Gasteiger partial charge is 0.278 e. The van der Waals surface area contributed by atoms with Crippen molar-refractivity contribution in [1.82, 2.24) is 25.3 Å². The quantitative estimate of drug-likeness (QED) is 0.527. The molecule has 4 amide bonds. The van der Waals surface area contributed by atoms with Crippen LogP contribution in [0.3, 0.4) is 0 Å². The minimum atomic E-state index is -0.985. The molecule has 0 aliphatic carbocycles. The van der Waals surface area contributed by atoms with Crippen molar-refractivity contribution < 1.29 is 23.7 Å². The van der Waals surface area contributed by atoms with Gasteiger partial charge in [0.05, 0.1) is 6.54 Å². The van der Waals surface area contributed by atoms with Crippen LogP contribution in [0.25, 0.3) is 21.8 Å². The SMILES string of the molecule is O=C1CCC(N2C(=O)C3=C(C2=O)N(Cc2nc(-c4cccc(-c5cccs5)c4)no2)CCC3)C(=O)N1. The van der Waals surface area contributed by atoms with Crippen molar-refractivity contribution in [3.05, 3.63) is 58.9 Å². The number of benzene rings is 1. The molecule has 0 bridgehead atoms. The molecular formula is C25H21N5O5S. The Hall–Kier alpha value is -4.12. The molecule has 3 aliphatic heterocycles. The molecule has 5 heterocycles. The Bertz CT molecular complexity index is 1430. The van der Waals surface area contributed by atoms with Crippen LogP contribution in [0.1, 0.15) is 31.6 Å². The van der Waals surface area contributed by atoms with Crippen LogP contribution >= 0.6 is 11.3 Å². The topological polar surface area (TPSA) is 126 Å². The lowest BCUT2D eigenvalue weighted by atomic mass is 10.0. The third-order valence-electron chi connectivity index (χ3n) is 6.60. The van der Waals surface area contributed by atoms with Gasteiger partial charge in [-0.1, -0.05) is 29.4 Å². The molecule has 1 saturated heterocycles. The summed E-state index contributed by atoms with van der Waals surface area (Å²) >= 11 is 1.65. The average molecular weight is 504 g/mol. The van der Waals surface area contributed by atoms with Crippen molar-refractivity contribution in [2.75, 3.05) is 6.54 Å². The summed E-state index contributed by atoms with van der Waals surface area (Å²) in [7, 11) is 0. The van der Waals surface area contributed by atoms with Crippen LogP contribution in [0.2, 0.25) is 0 Å². The zero-order valence-electron chi connectivity index (χ0n) is 19.1. The van der Waals surface area contributed by atoms with Crippen molar-refractivity contribution in [1.29, 1.82) is 0 Å². The van der Waals surface area contributed by atoms with E-state index in [1.807, 2.05) is 41.8 Å². The zero-order valence-corrected chi connectivity index (χ0v) is 19.9. The lowest BCUT2D eigenvalue weighted by Crippen LogP contribution is -2.55. The molecule has 36 heavy (non-hydrogen) atoms. The third kappa shape index (κ3) is 3.81. The molecule has 182 valence electrons. The first-order valence-corrected chi connectivity index (χ1v) is 12.5. The van der Waals surface area contributed by atoms with E-state index < -0.39 is 29.7 Å². The van der Waals surface area contributed by atoms with Gasteiger partial charge in [0.15, 0.2) is 0 Å². The van der Waals surface area contributed by atoms with Gasteiger partial charge in [0.2, 0.25) is 23.5 Å². The lowest BCUT2D eigenvalue weighted by molar-refractivity contribution is -0.150. The van der Waals surface area contributed by atoms with E-state index in [1.165, 1.54) is 0 Å². The Morgan fingerprint density at radius 3 is 2.72 bits per heavy atom. The Kier molecular flexibility index (Phi) is 5.48. The van der Waals surface area contributed by atoms with E-state index in [4.69, 9.17) is 4.52 Å². The summed E-state index contributed by atoms with van der Waals surface area (Å²) in [4.78, 5) is 58.7. The first kappa shape index (κ1) is 22.4. The van der Waals surface area contributed by atoms with E-state index in [0.29, 0.717) is 36.7 Å². The fraction of sp³-hybridized carbons (Fsp3) is 0.280. The summed E-state index contributed by atoms with van der Waals surface area (Å²) in [5.41, 5.74) is 2.53. The van der Waals surface area contributed by atoms with Crippen LogP contribution in [-0.4, -0.2) is 56.2 Å². The number of amides is 4. The normalized spacial score (nSPS) is 20.3. The van der Waals surface area contributed by atoms with Gasteiger partial charge in [-0.05, 0) is 42.3 Å². The average Bonchev–Trinajstić information content (AvgIpc) is 3.62. The summed E-state index contributed by atoms with van der Waals surface area (Å²) in [6.07, 6.45) is 1.33. The molecule has 1 aromatic carbocycles. The Morgan fingerprint density at radius 1 is 1.06 bits per heavy atom. The van der Waals surface area contributed by atoms with E-state index in [2.05, 4.69) is 15.5 Å². The highest BCUT2D eigenvalue weighted by Gasteiger charge is 2.48. The van der Waals surface area contributed by atoms with Crippen LogP contribution in [-0.2, 0) is 25.7 Å². The first-order valence-electron chi connectivity index (χ1n) is 11.7. The molecule has 11 heteroatoms. The van der Waals surface area contributed by atoms with Crippen molar-refractivity contribution in [3.8, 4) is 21.8 Å². The van der Waals surface area contributed by atoms with Crippen molar-refractivity contribution in [2.45, 2.75) is 38.3 Å². The largest absolute Gasteiger partial charge is 0.357 e. The van der Waals surface area contributed by atoms with Crippen LogP contribution in [0, 0.1) is 0 Å². The molecule has 0 saturated carbocycles. The third-order valence-corrected chi connectivity index (χ3v) is 7.52. The van der Waals surface area contributed by atoms with Gasteiger partial charge in [-0.15, -0.1) is 11.3 Å². The molecule has 0 radical (unpaired) electrons. The maximum absolute atomic E-state index is 13.3. The predicted molar refractivity (Wildman–Crippen MR) is 128 cm³/mol. The molecule has 1 atom stereocenters. The van der Waals surface area contributed by atoms with E-state index >= 15 is 0 Å². The number of nitrogens with one attached hydrogen (secondary N) is 1. The van der Waals surface area contributed by atoms with E-state index in [-0.39, 0.29) is 25.1 Å². The number of imide groups is 2. The van der Waals surface area contributed by atoms with Crippen molar-refractivity contribution in [2.24, 2.45) is 0 Å². The molecule has 3 aromatic rings. The second-order valence-electron chi connectivity index (χ2n) is 8.87. The van der Waals surface area contributed by atoms with Crippen LogP contribution < -0.4 is 5.32 Å². The molecule has 3 aliphatic rings. The van der Waals surface area contributed by atoms with E-state index in [9.17, 15) is 19.2 Å². The van der Waals surface area contributed by atoms with Crippen LogP contribution in [0.4, 0.5) is 0 Å². The number of thiophene rings is 1. The van der Waals surface area contributed by atoms with Crippen LogP contribution in [0.15, 0.2) is 57.6 Å². The minimum Gasteiger partial charge on any atom is -0.357 e. The van der Waals surface area contributed by atoms with Gasteiger partial charge < -0.3 is 9.42 Å². The summed E-state index contributed by atoms with van der Waals surface area (Å²) < 4.78 is 5.50. The second-order valence-corrected chi connectivity index (χ2v) is 9.82. The Morgan fingerprint density at radius 2 is 1.92 bits per heavy atom. The molecule has 1 N–H and O–H groups in total. The predicted octanol–water partition coefficient (Wildman–Crippen LogP) is 2.49. The molecule has 6 rings (SSSR count). The molecule has 10 nitrogen and oxygen atoms in total. The van der Waals surface area contributed by atoms with E-state index in [1.54, 1.807) is 16.2 Å². The number of hydrogen-bond acceptors (Lipinski definition) is 9. The molecule has 1 fully saturated rings. The molecule has 1 unspecified atom stereocenters. The monoisotopic (exact) mass is 503 g/mol. The summed E-state index contributed by atoms with van der Waals surface area (Å²) in [5.74, 6) is -1.25. The highest BCUT2D eigenvalue weighted by Crippen LogP contribution is 2.35. The van der Waals surface area contributed by atoms with Gasteiger partial charge in [-0.3, -0.25) is 29.4 Å². The standard InChI is InChI=1S/C25H21N5O5S/c31-19-9-8-17(23(32)26-19)30-24(33)16-6-2-10-29(21(16)25(30)34)13-20-27-22(28-35-20)15-5-1-4-14(12-15)18-7-3-11-36-18/h1,3-5,7,11-12,17H,2,6,8-10,13H2,(H,26,31,32). The zero-order chi connectivity index (χ0) is 24.8. The molecule has 0 spiro atoms. The van der Waals surface area contributed by atoms with Crippen molar-refractivity contribution >= 4 is 35.0 Å². The summed E-state index contributed by atoms with van der Waals surface area (Å²) in [5, 5.41) is 8.37. The maximum Gasteiger partial charge on any atom is 0.278 e. The number of carbonyl (C=O) groups is 4. The Labute approximate surface area is 209 Å². The molecular weight excluding hydrogens is 482 g/mol. The fourth-order valence-corrected chi connectivity index (χ4v) is 5.64. The van der Waals surface area contributed by atoms with Gasteiger partial charge in [0.1, 0.15) is 11.7 Å². The minimum absolute atomic E-state index is 0.0836. The van der Waals surface area contributed by atoms with Crippen LogP contribution in [0.5, 0.6) is 0 Å². The molecule has 2 aromatic heterocycles. The van der Waals surface area contributed by atoms with Crippen molar-refractivity contribution in [3.63, 3.8) is 0 Å². The van der Waals surface area contributed by atoms with Gasteiger partial charge in [0.25, 0.3) is 11.8 Å². The van der Waals surface area contributed by atoms with Gasteiger partial charge in [-0.25, -0.2) is 0 Å². The number of piperidine rings is 1. The number of nitrogens with zero attached hydrogens (tertiary/aromatic N) is 4. The number of carbonyl (C=O) groups excluding carboxylic acids is 4. The highest BCUT2D eigenvalue weighted by molar-refractivity contribution is 7.13. The van der Waals surface area contributed by atoms with Gasteiger partial charge in [-0.2, -0.15) is 4.98 Å². The second kappa shape index (κ2) is 8.83. The summed E-state index contributed by atoms with van der Waals surface area (Å²) in [6.45, 7) is 0.700. The van der Waals surface area contributed by atoms with Gasteiger partial charge >= 0.3 is 0 Å². The Balaban J connectivity index is 1.22. The first-order chi connectivity index (χ1) is 17.5. The van der Waals surface area contributed by atoms with Gasteiger partial charge in [0, 0.05) is 29.0 Å². The maximum atomic E-state index is 13.3. The number of hydrogen-bond donors (Lipinski definition) is 1. The lowest BCUT2D eigenvalue weighted by Gasteiger charge is -2.29.